The first kappa shape index (κ1) is 12.3. The zero-order chi connectivity index (χ0) is 13.3. The maximum Gasteiger partial charge on any atom is 0.319 e. The summed E-state index contributed by atoms with van der Waals surface area (Å²) in [5, 5.41) is 11.2. The Morgan fingerprint density at radius 2 is 2.11 bits per heavy atom. The fraction of sp³-hybridized carbons (Fsp3) is 0.333. The Labute approximate surface area is 103 Å². The summed E-state index contributed by atoms with van der Waals surface area (Å²) in [6.07, 6.45) is 0.555. The molecule has 18 heavy (non-hydrogen) atoms. The van der Waals surface area contributed by atoms with E-state index in [0.29, 0.717) is 5.75 Å². The minimum Gasteiger partial charge on any atom is -0.497 e. The van der Waals surface area contributed by atoms with Gasteiger partial charge < -0.3 is 15.2 Å². The number of hydrogen-bond acceptors (Lipinski definition) is 3. The largest absolute Gasteiger partial charge is 0.497 e. The lowest BCUT2D eigenvalue weighted by Crippen LogP contribution is -2.31. The maximum absolute atomic E-state index is 13.5. The molecule has 0 radical (unpaired) electrons. The van der Waals surface area contributed by atoms with Gasteiger partial charge in [0.05, 0.1) is 12.8 Å². The molecular formula is C12H12FNO4. The number of carboxylic acids is 1. The summed E-state index contributed by atoms with van der Waals surface area (Å²) in [6.45, 7) is 0. The van der Waals surface area contributed by atoms with Crippen molar-refractivity contribution in [1.82, 2.24) is 0 Å². The molecule has 0 aromatic heterocycles. The summed E-state index contributed by atoms with van der Waals surface area (Å²) in [4.78, 5) is 22.7. The Hall–Kier alpha value is -2.11. The number of aliphatic carboxylic acids is 1. The van der Waals surface area contributed by atoms with Crippen molar-refractivity contribution in [2.75, 3.05) is 12.4 Å². The van der Waals surface area contributed by atoms with Gasteiger partial charge in [-0.25, -0.2) is 4.39 Å². The molecule has 1 aliphatic carbocycles. The lowest BCUT2D eigenvalue weighted by Gasteiger charge is -2.12. The molecule has 1 aromatic rings. The zero-order valence-corrected chi connectivity index (χ0v) is 9.70. The van der Waals surface area contributed by atoms with Crippen LogP contribution in [-0.2, 0) is 9.59 Å². The Bertz CT molecular complexity index is 511. The number of ether oxygens (including phenoxy) is 1. The molecule has 2 rings (SSSR count). The Morgan fingerprint density at radius 3 is 2.61 bits per heavy atom. The van der Waals surface area contributed by atoms with Crippen LogP contribution in [0.4, 0.5) is 10.1 Å². The number of carboxylic acid groups (broad SMARTS) is 1. The van der Waals surface area contributed by atoms with E-state index in [2.05, 4.69) is 5.32 Å². The molecule has 1 aromatic carbocycles. The van der Waals surface area contributed by atoms with E-state index < -0.39 is 23.1 Å². The summed E-state index contributed by atoms with van der Waals surface area (Å²) >= 11 is 0. The lowest BCUT2D eigenvalue weighted by atomic mass is 10.1. The van der Waals surface area contributed by atoms with Gasteiger partial charge in [-0.1, -0.05) is 0 Å². The Morgan fingerprint density at radius 1 is 1.44 bits per heavy atom. The highest BCUT2D eigenvalue weighted by molar-refractivity contribution is 6.10. The number of methoxy groups -OCH3 is 1. The molecule has 5 nitrogen and oxygen atoms in total. The minimum atomic E-state index is -1.39. The molecule has 0 saturated heterocycles. The first-order valence-electron chi connectivity index (χ1n) is 5.38. The second-order valence-electron chi connectivity index (χ2n) is 4.19. The predicted octanol–water partition coefficient (Wildman–Crippen LogP) is 1.64. The van der Waals surface area contributed by atoms with Gasteiger partial charge in [-0.2, -0.15) is 0 Å². The van der Waals surface area contributed by atoms with Crippen LogP contribution in [0.25, 0.3) is 0 Å². The van der Waals surface area contributed by atoms with E-state index in [1.54, 1.807) is 0 Å². The normalized spacial score (nSPS) is 15.9. The number of hydrogen-bond donors (Lipinski definition) is 2. The van der Waals surface area contributed by atoms with Gasteiger partial charge >= 0.3 is 5.97 Å². The van der Waals surface area contributed by atoms with Crippen molar-refractivity contribution in [1.29, 1.82) is 0 Å². The van der Waals surface area contributed by atoms with Gasteiger partial charge in [0.25, 0.3) is 0 Å². The van der Waals surface area contributed by atoms with Crippen molar-refractivity contribution in [3.05, 3.63) is 24.0 Å². The third-order valence-corrected chi connectivity index (χ3v) is 3.02. The summed E-state index contributed by atoms with van der Waals surface area (Å²) in [6, 6.07) is 3.87. The first-order chi connectivity index (χ1) is 8.49. The van der Waals surface area contributed by atoms with Gasteiger partial charge in [-0.3, -0.25) is 9.59 Å². The molecule has 1 saturated carbocycles. The molecule has 2 N–H and O–H groups in total. The molecule has 1 amide bonds. The van der Waals surface area contributed by atoms with E-state index in [1.807, 2.05) is 0 Å². The highest BCUT2D eigenvalue weighted by Gasteiger charge is 2.57. The Kier molecular flexibility index (Phi) is 2.94. The smallest absolute Gasteiger partial charge is 0.319 e. The van der Waals surface area contributed by atoms with Crippen LogP contribution in [0.1, 0.15) is 12.8 Å². The van der Waals surface area contributed by atoms with Gasteiger partial charge in [0.2, 0.25) is 5.91 Å². The lowest BCUT2D eigenvalue weighted by molar-refractivity contribution is -0.147. The number of carbonyl (C=O) groups is 2. The zero-order valence-electron chi connectivity index (χ0n) is 9.70. The molecule has 0 aliphatic heterocycles. The molecule has 6 heteroatoms. The quantitative estimate of drug-likeness (QED) is 0.800. The number of nitrogens with one attached hydrogen (secondary N) is 1. The van der Waals surface area contributed by atoms with Crippen LogP contribution < -0.4 is 10.1 Å². The van der Waals surface area contributed by atoms with E-state index in [-0.39, 0.29) is 18.5 Å². The molecule has 0 bridgehead atoms. The summed E-state index contributed by atoms with van der Waals surface area (Å²) in [7, 11) is 1.42. The van der Waals surface area contributed by atoms with E-state index in [1.165, 1.54) is 19.2 Å². The second-order valence-corrected chi connectivity index (χ2v) is 4.19. The summed E-state index contributed by atoms with van der Waals surface area (Å²) in [5.41, 5.74) is -1.47. The number of carbonyl (C=O) groups excluding carboxylic acids is 1. The summed E-state index contributed by atoms with van der Waals surface area (Å²) in [5.74, 6) is -2.12. The second kappa shape index (κ2) is 4.29. The topological polar surface area (TPSA) is 75.6 Å². The van der Waals surface area contributed by atoms with Crippen molar-refractivity contribution in [2.24, 2.45) is 5.41 Å². The average molecular weight is 253 g/mol. The fourth-order valence-corrected chi connectivity index (χ4v) is 1.63. The SMILES string of the molecule is COc1ccc(F)c(NC(=O)C2(C(=O)O)CC2)c1. The van der Waals surface area contributed by atoms with E-state index in [9.17, 15) is 14.0 Å². The van der Waals surface area contributed by atoms with Crippen molar-refractivity contribution in [3.8, 4) is 5.75 Å². The van der Waals surface area contributed by atoms with Crippen molar-refractivity contribution in [2.45, 2.75) is 12.8 Å². The van der Waals surface area contributed by atoms with Gasteiger partial charge in [0.15, 0.2) is 0 Å². The number of benzene rings is 1. The molecule has 0 unspecified atom stereocenters. The third-order valence-electron chi connectivity index (χ3n) is 3.02. The van der Waals surface area contributed by atoms with E-state index in [4.69, 9.17) is 9.84 Å². The number of amides is 1. The molecule has 0 atom stereocenters. The van der Waals surface area contributed by atoms with Crippen LogP contribution in [0.5, 0.6) is 5.75 Å². The van der Waals surface area contributed by atoms with Crippen LogP contribution in [0.15, 0.2) is 18.2 Å². The molecule has 0 heterocycles. The van der Waals surface area contributed by atoms with Crippen LogP contribution in [0.3, 0.4) is 0 Å². The van der Waals surface area contributed by atoms with Crippen LogP contribution in [0.2, 0.25) is 0 Å². The van der Waals surface area contributed by atoms with Crippen LogP contribution >= 0.6 is 0 Å². The van der Waals surface area contributed by atoms with Crippen LogP contribution in [0, 0.1) is 11.2 Å². The number of rotatable bonds is 4. The molecule has 1 aliphatic rings. The predicted molar refractivity (Wildman–Crippen MR) is 60.9 cm³/mol. The third kappa shape index (κ3) is 2.01. The van der Waals surface area contributed by atoms with E-state index >= 15 is 0 Å². The highest BCUT2D eigenvalue weighted by atomic mass is 19.1. The van der Waals surface area contributed by atoms with Gasteiger partial charge in [-0.15, -0.1) is 0 Å². The molecule has 0 spiro atoms. The van der Waals surface area contributed by atoms with Gasteiger partial charge in [0.1, 0.15) is 17.0 Å². The van der Waals surface area contributed by atoms with Gasteiger partial charge in [-0.05, 0) is 25.0 Å². The highest BCUT2D eigenvalue weighted by Crippen LogP contribution is 2.46. The number of halogens is 1. The van der Waals surface area contributed by atoms with E-state index in [0.717, 1.165) is 6.07 Å². The fourth-order valence-electron chi connectivity index (χ4n) is 1.63. The molecule has 1 fully saturated rings. The monoisotopic (exact) mass is 253 g/mol. The molecular weight excluding hydrogens is 241 g/mol. The van der Waals surface area contributed by atoms with Crippen molar-refractivity contribution >= 4 is 17.6 Å². The standard InChI is InChI=1S/C12H12FNO4/c1-18-7-2-3-8(13)9(6-7)14-10(15)12(4-5-12)11(16)17/h2-3,6H,4-5H2,1H3,(H,14,15)(H,16,17). The Balaban J connectivity index is 2.19. The van der Waals surface area contributed by atoms with Crippen molar-refractivity contribution in [3.63, 3.8) is 0 Å². The van der Waals surface area contributed by atoms with Crippen LogP contribution in [-0.4, -0.2) is 24.1 Å². The summed E-state index contributed by atoms with van der Waals surface area (Å²) < 4.78 is 18.4. The van der Waals surface area contributed by atoms with Gasteiger partial charge in [0, 0.05) is 6.07 Å². The first-order valence-corrected chi connectivity index (χ1v) is 5.38. The maximum atomic E-state index is 13.5. The van der Waals surface area contributed by atoms with Crippen molar-refractivity contribution < 1.29 is 23.8 Å². The molecule has 96 valence electrons. The average Bonchev–Trinajstić information content (AvgIpc) is 3.13. The number of anilines is 1. The minimum absolute atomic E-state index is 0.0770.